The normalized spacial score (nSPS) is 26.8. The summed E-state index contributed by atoms with van der Waals surface area (Å²) in [6.07, 6.45) is 7.66. The van der Waals surface area contributed by atoms with Gasteiger partial charge in [0.25, 0.3) is 0 Å². The maximum atomic E-state index is 4.36. The molecule has 1 fully saturated rings. The number of nitrogens with one attached hydrogen (secondary N) is 1. The number of rotatable bonds is 3. The highest BCUT2D eigenvalue weighted by atomic mass is 15.0. The molecule has 2 unspecified atom stereocenters. The minimum Gasteiger partial charge on any atom is -0.338 e. The highest BCUT2D eigenvalue weighted by Crippen LogP contribution is 2.20. The van der Waals surface area contributed by atoms with Gasteiger partial charge in [-0.2, -0.15) is 0 Å². The Morgan fingerprint density at radius 3 is 3.07 bits per heavy atom. The van der Waals surface area contributed by atoms with Gasteiger partial charge in [0.2, 0.25) is 0 Å². The molecular weight excluding hydrogens is 186 g/mol. The van der Waals surface area contributed by atoms with Crippen LogP contribution < -0.4 is 5.32 Å². The van der Waals surface area contributed by atoms with E-state index in [1.54, 1.807) is 0 Å². The summed E-state index contributed by atoms with van der Waals surface area (Å²) >= 11 is 0. The number of piperidine rings is 1. The van der Waals surface area contributed by atoms with Crippen LogP contribution in [-0.4, -0.2) is 22.6 Å². The van der Waals surface area contributed by atoms with Crippen LogP contribution in [0.1, 0.15) is 25.6 Å². The third-order valence-electron chi connectivity index (χ3n) is 3.36. The lowest BCUT2D eigenvalue weighted by atomic mass is 9.88. The fourth-order valence-corrected chi connectivity index (χ4v) is 2.46. The van der Waals surface area contributed by atoms with E-state index >= 15 is 0 Å². The highest BCUT2D eigenvalue weighted by Gasteiger charge is 2.18. The summed E-state index contributed by atoms with van der Waals surface area (Å²) in [7, 11) is 2.07. The van der Waals surface area contributed by atoms with Crippen molar-refractivity contribution < 1.29 is 0 Å². The van der Waals surface area contributed by atoms with Crippen LogP contribution in [0.5, 0.6) is 0 Å². The third kappa shape index (κ3) is 2.81. The van der Waals surface area contributed by atoms with E-state index in [1.165, 1.54) is 31.8 Å². The van der Waals surface area contributed by atoms with Gasteiger partial charge in [-0.3, -0.25) is 0 Å². The van der Waals surface area contributed by atoms with Gasteiger partial charge in [0, 0.05) is 25.9 Å². The molecular formula is C12H21N3. The van der Waals surface area contributed by atoms with Crippen molar-refractivity contribution >= 4 is 0 Å². The summed E-state index contributed by atoms with van der Waals surface area (Å²) in [5.41, 5.74) is 0. The lowest BCUT2D eigenvalue weighted by Crippen LogP contribution is -2.35. The Kier molecular flexibility index (Phi) is 3.41. The number of nitrogens with zero attached hydrogens (tertiary/aromatic N) is 2. The Balaban J connectivity index is 1.80. The number of aryl methyl sites for hydroxylation is 2. The lowest BCUT2D eigenvalue weighted by molar-refractivity contribution is 0.288. The number of hydrogen-bond acceptors (Lipinski definition) is 2. The summed E-state index contributed by atoms with van der Waals surface area (Å²) in [4.78, 5) is 4.36. The van der Waals surface area contributed by atoms with Crippen molar-refractivity contribution in [2.24, 2.45) is 18.9 Å². The van der Waals surface area contributed by atoms with E-state index < -0.39 is 0 Å². The van der Waals surface area contributed by atoms with Gasteiger partial charge in [-0.05, 0) is 37.8 Å². The molecule has 3 heteroatoms. The van der Waals surface area contributed by atoms with E-state index in [0.717, 1.165) is 18.3 Å². The van der Waals surface area contributed by atoms with Gasteiger partial charge < -0.3 is 9.88 Å². The van der Waals surface area contributed by atoms with Gasteiger partial charge in [0.1, 0.15) is 5.82 Å². The monoisotopic (exact) mass is 207 g/mol. The molecule has 0 saturated carbocycles. The Hall–Kier alpha value is -0.830. The van der Waals surface area contributed by atoms with E-state index in [-0.39, 0.29) is 0 Å². The average Bonchev–Trinajstić information content (AvgIpc) is 2.61. The Morgan fingerprint density at radius 1 is 1.53 bits per heavy atom. The van der Waals surface area contributed by atoms with Crippen LogP contribution in [0, 0.1) is 11.8 Å². The Morgan fingerprint density at radius 2 is 2.40 bits per heavy atom. The summed E-state index contributed by atoms with van der Waals surface area (Å²) < 4.78 is 2.12. The van der Waals surface area contributed by atoms with Crippen molar-refractivity contribution in [2.75, 3.05) is 13.1 Å². The molecule has 84 valence electrons. The Labute approximate surface area is 91.9 Å². The lowest BCUT2D eigenvalue weighted by Gasteiger charge is -2.27. The molecule has 3 nitrogen and oxygen atoms in total. The molecule has 1 aromatic heterocycles. The quantitative estimate of drug-likeness (QED) is 0.816. The Bertz CT molecular complexity index is 306. The first-order valence-corrected chi connectivity index (χ1v) is 5.92. The molecule has 1 saturated heterocycles. The second-order valence-corrected chi connectivity index (χ2v) is 4.86. The van der Waals surface area contributed by atoms with Crippen LogP contribution in [0.3, 0.4) is 0 Å². The van der Waals surface area contributed by atoms with Crippen LogP contribution in [-0.2, 0) is 13.5 Å². The molecule has 2 heterocycles. The summed E-state index contributed by atoms with van der Waals surface area (Å²) in [6, 6.07) is 0. The largest absolute Gasteiger partial charge is 0.338 e. The van der Waals surface area contributed by atoms with E-state index in [9.17, 15) is 0 Å². The second kappa shape index (κ2) is 4.79. The molecule has 1 N–H and O–H groups in total. The first kappa shape index (κ1) is 10.7. The van der Waals surface area contributed by atoms with E-state index in [2.05, 4.69) is 28.8 Å². The topological polar surface area (TPSA) is 29.9 Å². The van der Waals surface area contributed by atoms with Gasteiger partial charge in [-0.25, -0.2) is 4.98 Å². The van der Waals surface area contributed by atoms with Gasteiger partial charge in [0.15, 0.2) is 0 Å². The fraction of sp³-hybridized carbons (Fsp3) is 0.750. The van der Waals surface area contributed by atoms with Crippen molar-refractivity contribution in [2.45, 2.75) is 26.2 Å². The molecule has 0 spiro atoms. The molecule has 0 bridgehead atoms. The van der Waals surface area contributed by atoms with Crippen LogP contribution in [0.15, 0.2) is 12.4 Å². The maximum absolute atomic E-state index is 4.36. The van der Waals surface area contributed by atoms with Gasteiger partial charge in [-0.1, -0.05) is 6.92 Å². The van der Waals surface area contributed by atoms with E-state index in [1.807, 2.05) is 12.4 Å². The van der Waals surface area contributed by atoms with Gasteiger partial charge in [-0.15, -0.1) is 0 Å². The molecule has 1 aliphatic rings. The zero-order valence-corrected chi connectivity index (χ0v) is 9.74. The maximum Gasteiger partial charge on any atom is 0.108 e. The van der Waals surface area contributed by atoms with Crippen molar-refractivity contribution in [3.8, 4) is 0 Å². The first-order valence-electron chi connectivity index (χ1n) is 5.92. The zero-order valence-electron chi connectivity index (χ0n) is 9.74. The summed E-state index contributed by atoms with van der Waals surface area (Å²) in [5, 5.41) is 3.50. The van der Waals surface area contributed by atoms with Gasteiger partial charge >= 0.3 is 0 Å². The molecule has 1 aliphatic heterocycles. The third-order valence-corrected chi connectivity index (χ3v) is 3.36. The molecule has 0 aromatic carbocycles. The zero-order chi connectivity index (χ0) is 10.7. The minimum atomic E-state index is 0.838. The molecule has 2 rings (SSSR count). The molecule has 1 aromatic rings. The molecule has 0 aliphatic carbocycles. The molecule has 15 heavy (non-hydrogen) atoms. The van der Waals surface area contributed by atoms with Gasteiger partial charge in [0.05, 0.1) is 0 Å². The number of aromatic nitrogens is 2. The second-order valence-electron chi connectivity index (χ2n) is 4.86. The predicted octanol–water partition coefficient (Wildman–Crippen LogP) is 1.60. The fourth-order valence-electron chi connectivity index (χ4n) is 2.46. The van der Waals surface area contributed by atoms with Crippen molar-refractivity contribution in [1.82, 2.24) is 14.9 Å². The minimum absolute atomic E-state index is 0.838. The van der Waals surface area contributed by atoms with Crippen LogP contribution in [0.4, 0.5) is 0 Å². The number of hydrogen-bond donors (Lipinski definition) is 1. The van der Waals surface area contributed by atoms with Crippen molar-refractivity contribution in [3.63, 3.8) is 0 Å². The SMILES string of the molecule is CC1CNCC(CCc2nccn2C)C1. The smallest absolute Gasteiger partial charge is 0.108 e. The number of imidazole rings is 1. The van der Waals surface area contributed by atoms with Crippen LogP contribution in [0.25, 0.3) is 0 Å². The predicted molar refractivity (Wildman–Crippen MR) is 61.7 cm³/mol. The standard InChI is InChI=1S/C12H21N3/c1-10-7-11(9-13-8-10)3-4-12-14-5-6-15(12)2/h5-6,10-11,13H,3-4,7-9H2,1-2H3. The highest BCUT2D eigenvalue weighted by molar-refractivity contribution is 4.92. The first-order chi connectivity index (χ1) is 7.25. The van der Waals surface area contributed by atoms with Crippen LogP contribution in [0.2, 0.25) is 0 Å². The molecule has 0 radical (unpaired) electrons. The molecule has 2 atom stereocenters. The average molecular weight is 207 g/mol. The summed E-state index contributed by atoms with van der Waals surface area (Å²) in [6.45, 7) is 4.72. The van der Waals surface area contributed by atoms with Crippen LogP contribution >= 0.6 is 0 Å². The van der Waals surface area contributed by atoms with E-state index in [0.29, 0.717) is 0 Å². The summed E-state index contributed by atoms with van der Waals surface area (Å²) in [5.74, 6) is 2.89. The molecule has 0 amide bonds. The van der Waals surface area contributed by atoms with E-state index in [4.69, 9.17) is 0 Å². The van der Waals surface area contributed by atoms with Crippen molar-refractivity contribution in [3.05, 3.63) is 18.2 Å². The van der Waals surface area contributed by atoms with Crippen molar-refractivity contribution in [1.29, 1.82) is 0 Å².